The van der Waals surface area contributed by atoms with Crippen molar-refractivity contribution >= 4 is 53.9 Å². The zero-order valence-corrected chi connectivity index (χ0v) is 24.2. The fourth-order valence-electron chi connectivity index (χ4n) is 7.21. The summed E-state index contributed by atoms with van der Waals surface area (Å²) >= 11 is 0. The van der Waals surface area contributed by atoms with Crippen LogP contribution in [0.3, 0.4) is 0 Å². The van der Waals surface area contributed by atoms with Crippen molar-refractivity contribution in [2.75, 3.05) is 0 Å². The average molecular weight is 557 g/mol. The molecule has 0 heterocycles. The summed E-state index contributed by atoms with van der Waals surface area (Å²) in [5, 5.41) is 12.8. The zero-order chi connectivity index (χ0) is 29.0. The lowest BCUT2D eigenvalue weighted by molar-refractivity contribution is 1.63. The molecule has 9 rings (SSSR count). The lowest BCUT2D eigenvalue weighted by Gasteiger charge is -2.19. The Hall–Kier alpha value is -5.72. The standard InChI is InChI=1S/C44H28/c1-3-16-35-29(11-1)13-10-22-37(35)44-40-20-7-5-18-38(40)43(39-19-6-8-21-41(39)44)34-15-9-14-32(27-34)33-26-25-31-24-23-30-12-2-4-17-36(30)42(31)28-33/h1-28H. The van der Waals surface area contributed by atoms with Crippen LogP contribution in [-0.2, 0) is 0 Å². The van der Waals surface area contributed by atoms with Crippen LogP contribution < -0.4 is 0 Å². The Bertz CT molecular complexity index is 2490. The van der Waals surface area contributed by atoms with E-state index < -0.39 is 0 Å². The molecule has 0 aliphatic heterocycles. The SMILES string of the molecule is c1cc(-c2ccc3ccc4ccccc4c3c2)cc(-c2c3ccccc3c(-c3cccc4ccccc34)c3ccccc23)c1. The van der Waals surface area contributed by atoms with Gasteiger partial charge in [-0.1, -0.05) is 158 Å². The Kier molecular flexibility index (Phi) is 5.61. The maximum absolute atomic E-state index is 2.37. The third-order valence-corrected chi connectivity index (χ3v) is 9.22. The van der Waals surface area contributed by atoms with Crippen LogP contribution in [0.25, 0.3) is 87.2 Å². The third-order valence-electron chi connectivity index (χ3n) is 9.22. The first-order valence-corrected chi connectivity index (χ1v) is 15.3. The van der Waals surface area contributed by atoms with Gasteiger partial charge in [-0.25, -0.2) is 0 Å². The summed E-state index contributed by atoms with van der Waals surface area (Å²) in [7, 11) is 0. The summed E-state index contributed by atoms with van der Waals surface area (Å²) < 4.78 is 0. The molecule has 0 nitrogen and oxygen atoms in total. The van der Waals surface area contributed by atoms with E-state index in [1.807, 2.05) is 0 Å². The second kappa shape index (κ2) is 9.93. The predicted molar refractivity (Wildman–Crippen MR) is 190 cm³/mol. The van der Waals surface area contributed by atoms with Gasteiger partial charge in [0, 0.05) is 0 Å². The molecule has 9 aromatic carbocycles. The van der Waals surface area contributed by atoms with Crippen LogP contribution in [0.15, 0.2) is 170 Å². The van der Waals surface area contributed by atoms with Gasteiger partial charge in [0.1, 0.15) is 0 Å². The molecule has 204 valence electrons. The molecule has 0 saturated heterocycles. The molecule has 0 aliphatic carbocycles. The van der Waals surface area contributed by atoms with Crippen LogP contribution >= 0.6 is 0 Å². The first-order valence-electron chi connectivity index (χ1n) is 15.3. The van der Waals surface area contributed by atoms with Crippen molar-refractivity contribution in [3.63, 3.8) is 0 Å². The lowest BCUT2D eigenvalue weighted by Crippen LogP contribution is -1.92. The number of fused-ring (bicyclic) bond motifs is 6. The van der Waals surface area contributed by atoms with Gasteiger partial charge < -0.3 is 0 Å². The van der Waals surface area contributed by atoms with Crippen LogP contribution in [0.4, 0.5) is 0 Å². The zero-order valence-electron chi connectivity index (χ0n) is 24.2. The maximum Gasteiger partial charge on any atom is -0.00201 e. The van der Waals surface area contributed by atoms with Gasteiger partial charge >= 0.3 is 0 Å². The molecule has 0 unspecified atom stereocenters. The van der Waals surface area contributed by atoms with Crippen molar-refractivity contribution in [1.82, 2.24) is 0 Å². The minimum absolute atomic E-state index is 1.23. The van der Waals surface area contributed by atoms with E-state index in [4.69, 9.17) is 0 Å². The summed E-state index contributed by atoms with van der Waals surface area (Å²) in [5.41, 5.74) is 7.56. The van der Waals surface area contributed by atoms with Gasteiger partial charge in [0.05, 0.1) is 0 Å². The molecule has 0 fully saturated rings. The van der Waals surface area contributed by atoms with Crippen LogP contribution in [0.2, 0.25) is 0 Å². The number of benzene rings is 9. The van der Waals surface area contributed by atoms with Gasteiger partial charge in [0.2, 0.25) is 0 Å². The van der Waals surface area contributed by atoms with Crippen molar-refractivity contribution in [3.8, 4) is 33.4 Å². The minimum atomic E-state index is 1.23. The van der Waals surface area contributed by atoms with E-state index >= 15 is 0 Å². The first-order chi connectivity index (χ1) is 21.8. The summed E-state index contributed by atoms with van der Waals surface area (Å²) in [6, 6.07) is 62.3. The smallest absolute Gasteiger partial charge is 0.00201 e. The molecule has 44 heavy (non-hydrogen) atoms. The van der Waals surface area contributed by atoms with E-state index in [0.29, 0.717) is 0 Å². The van der Waals surface area contributed by atoms with Gasteiger partial charge in [0.25, 0.3) is 0 Å². The highest BCUT2D eigenvalue weighted by molar-refractivity contribution is 6.23. The summed E-state index contributed by atoms with van der Waals surface area (Å²) in [4.78, 5) is 0. The van der Waals surface area contributed by atoms with Crippen LogP contribution in [0.5, 0.6) is 0 Å². The first kappa shape index (κ1) is 24.8. The Morgan fingerprint density at radius 2 is 0.682 bits per heavy atom. The van der Waals surface area contributed by atoms with Crippen molar-refractivity contribution in [2.45, 2.75) is 0 Å². The van der Waals surface area contributed by atoms with Crippen LogP contribution in [0.1, 0.15) is 0 Å². The molecule has 0 spiro atoms. The van der Waals surface area contributed by atoms with Gasteiger partial charge in [-0.15, -0.1) is 0 Å². The van der Waals surface area contributed by atoms with Crippen molar-refractivity contribution < 1.29 is 0 Å². The molecule has 0 bridgehead atoms. The molecule has 0 radical (unpaired) electrons. The number of hydrogen-bond acceptors (Lipinski definition) is 0. The number of rotatable bonds is 3. The molecule has 0 atom stereocenters. The van der Waals surface area contributed by atoms with E-state index in [2.05, 4.69) is 170 Å². The van der Waals surface area contributed by atoms with E-state index in [1.54, 1.807) is 0 Å². The van der Waals surface area contributed by atoms with Gasteiger partial charge in [-0.3, -0.25) is 0 Å². The molecule has 0 aliphatic rings. The van der Waals surface area contributed by atoms with Gasteiger partial charge in [-0.05, 0) is 99.4 Å². The highest BCUT2D eigenvalue weighted by atomic mass is 14.2. The van der Waals surface area contributed by atoms with Crippen molar-refractivity contribution in [3.05, 3.63) is 170 Å². The van der Waals surface area contributed by atoms with Crippen molar-refractivity contribution in [1.29, 1.82) is 0 Å². The van der Waals surface area contributed by atoms with Gasteiger partial charge in [0.15, 0.2) is 0 Å². The highest BCUT2D eigenvalue weighted by Gasteiger charge is 2.18. The third kappa shape index (κ3) is 3.85. The van der Waals surface area contributed by atoms with Crippen LogP contribution in [0, 0.1) is 0 Å². The predicted octanol–water partition coefficient (Wildman–Crippen LogP) is 12.5. The summed E-state index contributed by atoms with van der Waals surface area (Å²) in [5.74, 6) is 0. The molecular formula is C44H28. The Morgan fingerprint density at radius 1 is 0.227 bits per heavy atom. The largest absolute Gasteiger partial charge is 0.0616 e. The molecule has 0 amide bonds. The summed E-state index contributed by atoms with van der Waals surface area (Å²) in [6.45, 7) is 0. The molecule has 0 N–H and O–H groups in total. The van der Waals surface area contributed by atoms with E-state index in [9.17, 15) is 0 Å². The summed E-state index contributed by atoms with van der Waals surface area (Å²) in [6.07, 6.45) is 0. The highest BCUT2D eigenvalue weighted by Crippen LogP contribution is 2.45. The normalized spacial score (nSPS) is 11.6. The molecule has 0 aromatic heterocycles. The lowest BCUT2D eigenvalue weighted by atomic mass is 9.84. The molecular weight excluding hydrogens is 528 g/mol. The second-order valence-corrected chi connectivity index (χ2v) is 11.7. The van der Waals surface area contributed by atoms with E-state index in [0.717, 1.165) is 0 Å². The fraction of sp³-hybridized carbons (Fsp3) is 0. The molecule has 0 heteroatoms. The van der Waals surface area contributed by atoms with E-state index in [1.165, 1.54) is 87.2 Å². The second-order valence-electron chi connectivity index (χ2n) is 11.7. The molecule has 0 saturated carbocycles. The van der Waals surface area contributed by atoms with Gasteiger partial charge in [-0.2, -0.15) is 0 Å². The Labute approximate surface area is 256 Å². The van der Waals surface area contributed by atoms with E-state index in [-0.39, 0.29) is 0 Å². The molecule has 9 aromatic rings. The quantitative estimate of drug-likeness (QED) is 0.150. The minimum Gasteiger partial charge on any atom is -0.0616 e. The Balaban J connectivity index is 1.30. The van der Waals surface area contributed by atoms with Crippen LogP contribution in [-0.4, -0.2) is 0 Å². The van der Waals surface area contributed by atoms with Crippen molar-refractivity contribution in [2.24, 2.45) is 0 Å². The number of hydrogen-bond donors (Lipinski definition) is 0. The topological polar surface area (TPSA) is 0 Å². The maximum atomic E-state index is 2.37. The average Bonchev–Trinajstić information content (AvgIpc) is 3.10. The monoisotopic (exact) mass is 556 g/mol. The Morgan fingerprint density at radius 3 is 1.39 bits per heavy atom. The fourth-order valence-corrected chi connectivity index (χ4v) is 7.21.